The number of aromatic hydroxyl groups is 1. The third kappa shape index (κ3) is 4.70. The van der Waals surface area contributed by atoms with Crippen LogP contribution >= 0.6 is 0 Å². The zero-order chi connectivity index (χ0) is 20.1. The van der Waals surface area contributed by atoms with Crippen molar-refractivity contribution in [3.8, 4) is 11.8 Å². The van der Waals surface area contributed by atoms with Crippen molar-refractivity contribution in [2.45, 2.75) is 64.1 Å². The average Bonchev–Trinajstić information content (AvgIpc) is 2.91. The summed E-state index contributed by atoms with van der Waals surface area (Å²) in [5, 5.41) is 15.2. The van der Waals surface area contributed by atoms with Crippen LogP contribution in [0.3, 0.4) is 0 Å². The van der Waals surface area contributed by atoms with Crippen molar-refractivity contribution in [1.82, 2.24) is 19.9 Å². The molecular weight excluding hydrogens is 364 g/mol. The first-order chi connectivity index (χ1) is 14.2. The van der Waals surface area contributed by atoms with Crippen molar-refractivity contribution >= 4 is 10.9 Å². The highest BCUT2D eigenvalue weighted by molar-refractivity contribution is 5.85. The standard InChI is InChI=1S/C23H30N4O2/c1-29-22-17(15-25-18-8-4-2-3-5-9-18)14-20-21(26-22)16-27(23(20)28)13-11-19-10-6-7-12-24-19/h6-7,10,12,14,16,18,25,28H,2-5,8-9,11,13,15H2,1H3. The Bertz CT molecular complexity index is 931. The van der Waals surface area contributed by atoms with Gasteiger partial charge in [-0.2, -0.15) is 0 Å². The number of rotatable bonds is 7. The summed E-state index contributed by atoms with van der Waals surface area (Å²) in [4.78, 5) is 9.01. The Kier molecular flexibility index (Phi) is 6.30. The van der Waals surface area contributed by atoms with Crippen molar-refractivity contribution in [3.05, 3.63) is 47.9 Å². The Hall–Kier alpha value is -2.60. The SMILES string of the molecule is COc1nc2cn(CCc3ccccn3)c(O)c2cc1CNC1CCCCCC1. The molecule has 3 heterocycles. The molecule has 0 saturated heterocycles. The van der Waals surface area contributed by atoms with E-state index < -0.39 is 0 Å². The van der Waals surface area contributed by atoms with Crippen LogP contribution < -0.4 is 10.1 Å². The maximum absolute atomic E-state index is 10.8. The van der Waals surface area contributed by atoms with E-state index in [9.17, 15) is 5.11 Å². The molecule has 1 aliphatic rings. The van der Waals surface area contributed by atoms with Gasteiger partial charge in [-0.3, -0.25) is 4.98 Å². The number of hydrogen-bond donors (Lipinski definition) is 2. The lowest BCUT2D eigenvalue weighted by Gasteiger charge is -2.17. The monoisotopic (exact) mass is 394 g/mol. The van der Waals surface area contributed by atoms with E-state index >= 15 is 0 Å². The summed E-state index contributed by atoms with van der Waals surface area (Å²) in [6.45, 7) is 1.35. The Morgan fingerprint density at radius 1 is 1.21 bits per heavy atom. The molecule has 0 spiro atoms. The summed E-state index contributed by atoms with van der Waals surface area (Å²) in [7, 11) is 1.65. The third-order valence-corrected chi connectivity index (χ3v) is 5.85. The number of nitrogens with one attached hydrogen (secondary N) is 1. The largest absolute Gasteiger partial charge is 0.494 e. The quantitative estimate of drug-likeness (QED) is 0.588. The van der Waals surface area contributed by atoms with E-state index in [1.165, 1.54) is 38.5 Å². The fourth-order valence-corrected chi connectivity index (χ4v) is 4.18. The Labute approximate surface area is 171 Å². The molecule has 3 aromatic rings. The fraction of sp³-hybridized carbons (Fsp3) is 0.478. The summed E-state index contributed by atoms with van der Waals surface area (Å²) in [6.07, 6.45) is 12.2. The molecule has 0 unspecified atom stereocenters. The minimum Gasteiger partial charge on any atom is -0.494 e. The molecule has 6 heteroatoms. The lowest BCUT2D eigenvalue weighted by atomic mass is 10.1. The topological polar surface area (TPSA) is 72.2 Å². The van der Waals surface area contributed by atoms with E-state index in [1.807, 2.05) is 35.0 Å². The number of ether oxygens (including phenoxy) is 1. The van der Waals surface area contributed by atoms with Crippen LogP contribution in [0.15, 0.2) is 36.7 Å². The summed E-state index contributed by atoms with van der Waals surface area (Å²) in [5.74, 6) is 0.877. The molecular formula is C23H30N4O2. The predicted octanol–water partition coefficient (Wildman–Crippen LogP) is 4.20. The number of nitrogens with zero attached hydrogens (tertiary/aromatic N) is 3. The van der Waals surface area contributed by atoms with Gasteiger partial charge in [-0.05, 0) is 31.0 Å². The van der Waals surface area contributed by atoms with Gasteiger partial charge in [0.15, 0.2) is 0 Å². The number of fused-ring (bicyclic) bond motifs is 1. The number of hydrogen-bond acceptors (Lipinski definition) is 5. The predicted molar refractivity (Wildman–Crippen MR) is 114 cm³/mol. The number of pyridine rings is 2. The average molecular weight is 395 g/mol. The molecule has 0 amide bonds. The molecule has 0 atom stereocenters. The van der Waals surface area contributed by atoms with Crippen LogP contribution in [0.5, 0.6) is 11.8 Å². The molecule has 2 N–H and O–H groups in total. The van der Waals surface area contributed by atoms with Crippen molar-refractivity contribution in [1.29, 1.82) is 0 Å². The van der Waals surface area contributed by atoms with Crippen LogP contribution in [0.4, 0.5) is 0 Å². The first kappa shape index (κ1) is 19.7. The molecule has 154 valence electrons. The lowest BCUT2D eigenvalue weighted by Crippen LogP contribution is -2.28. The van der Waals surface area contributed by atoms with Crippen molar-refractivity contribution < 1.29 is 9.84 Å². The minimum atomic E-state index is 0.252. The van der Waals surface area contributed by atoms with Crippen LogP contribution in [-0.4, -0.2) is 32.8 Å². The molecule has 1 aliphatic carbocycles. The highest BCUT2D eigenvalue weighted by Crippen LogP contribution is 2.31. The second kappa shape index (κ2) is 9.27. The van der Waals surface area contributed by atoms with Gasteiger partial charge in [-0.25, -0.2) is 4.98 Å². The highest BCUT2D eigenvalue weighted by atomic mass is 16.5. The Morgan fingerprint density at radius 2 is 2.03 bits per heavy atom. The maximum Gasteiger partial charge on any atom is 0.218 e. The van der Waals surface area contributed by atoms with E-state index in [-0.39, 0.29) is 5.88 Å². The zero-order valence-corrected chi connectivity index (χ0v) is 17.1. The van der Waals surface area contributed by atoms with Gasteiger partial charge in [-0.15, -0.1) is 0 Å². The van der Waals surface area contributed by atoms with Gasteiger partial charge in [0.05, 0.1) is 18.0 Å². The van der Waals surface area contributed by atoms with E-state index in [4.69, 9.17) is 4.74 Å². The molecule has 6 nitrogen and oxygen atoms in total. The van der Waals surface area contributed by atoms with Crippen LogP contribution in [0.1, 0.15) is 49.8 Å². The number of aromatic nitrogens is 3. The summed E-state index contributed by atoms with van der Waals surface area (Å²) < 4.78 is 7.39. The van der Waals surface area contributed by atoms with Gasteiger partial charge in [0.2, 0.25) is 11.8 Å². The molecule has 1 saturated carbocycles. The van der Waals surface area contributed by atoms with Gasteiger partial charge in [0, 0.05) is 49.2 Å². The van der Waals surface area contributed by atoms with Gasteiger partial charge < -0.3 is 19.7 Å². The molecule has 0 aliphatic heterocycles. The minimum absolute atomic E-state index is 0.252. The molecule has 1 fully saturated rings. The van der Waals surface area contributed by atoms with Crippen LogP contribution in [0.25, 0.3) is 10.9 Å². The highest BCUT2D eigenvalue weighted by Gasteiger charge is 2.17. The second-order valence-electron chi connectivity index (χ2n) is 7.88. The second-order valence-corrected chi connectivity index (χ2v) is 7.88. The van der Waals surface area contributed by atoms with E-state index in [1.54, 1.807) is 13.3 Å². The van der Waals surface area contributed by atoms with Gasteiger partial charge in [0.25, 0.3) is 0 Å². The molecule has 29 heavy (non-hydrogen) atoms. The lowest BCUT2D eigenvalue weighted by molar-refractivity contribution is 0.387. The number of aryl methyl sites for hydroxylation is 2. The van der Waals surface area contributed by atoms with Crippen molar-refractivity contribution in [2.24, 2.45) is 0 Å². The first-order valence-electron chi connectivity index (χ1n) is 10.6. The van der Waals surface area contributed by atoms with Gasteiger partial charge in [-0.1, -0.05) is 31.7 Å². The Balaban J connectivity index is 1.51. The van der Waals surface area contributed by atoms with E-state index in [0.29, 0.717) is 25.0 Å². The first-order valence-corrected chi connectivity index (χ1v) is 10.6. The normalized spacial score (nSPS) is 15.5. The van der Waals surface area contributed by atoms with Crippen molar-refractivity contribution in [2.75, 3.05) is 7.11 Å². The summed E-state index contributed by atoms with van der Waals surface area (Å²) >= 11 is 0. The number of methoxy groups -OCH3 is 1. The van der Waals surface area contributed by atoms with Crippen LogP contribution in [-0.2, 0) is 19.5 Å². The zero-order valence-electron chi connectivity index (χ0n) is 17.1. The van der Waals surface area contributed by atoms with Crippen LogP contribution in [0.2, 0.25) is 0 Å². The Morgan fingerprint density at radius 3 is 2.76 bits per heavy atom. The van der Waals surface area contributed by atoms with E-state index in [0.717, 1.165) is 28.6 Å². The smallest absolute Gasteiger partial charge is 0.218 e. The molecule has 0 aromatic carbocycles. The van der Waals surface area contributed by atoms with Crippen LogP contribution in [0, 0.1) is 0 Å². The fourth-order valence-electron chi connectivity index (χ4n) is 4.18. The van der Waals surface area contributed by atoms with E-state index in [2.05, 4.69) is 15.3 Å². The molecule has 3 aromatic heterocycles. The summed E-state index contributed by atoms with van der Waals surface area (Å²) in [5.41, 5.74) is 2.74. The van der Waals surface area contributed by atoms with Gasteiger partial charge >= 0.3 is 0 Å². The van der Waals surface area contributed by atoms with Gasteiger partial charge in [0.1, 0.15) is 0 Å². The maximum atomic E-state index is 10.8. The molecule has 0 radical (unpaired) electrons. The third-order valence-electron chi connectivity index (χ3n) is 5.85. The molecule has 4 rings (SSSR count). The van der Waals surface area contributed by atoms with Crippen molar-refractivity contribution in [3.63, 3.8) is 0 Å². The summed E-state index contributed by atoms with van der Waals surface area (Å²) in [6, 6.07) is 8.45. The molecule has 0 bridgehead atoms.